The molecular weight excluding hydrogens is 214 g/mol. The summed E-state index contributed by atoms with van der Waals surface area (Å²) >= 11 is 0. The Hall–Kier alpha value is -0.130. The summed E-state index contributed by atoms with van der Waals surface area (Å²) in [6.07, 6.45) is 5.63. The van der Waals surface area contributed by atoms with Crippen molar-refractivity contribution in [2.75, 3.05) is 5.75 Å². The minimum atomic E-state index is -3.41. The molecule has 2 heterocycles. The highest BCUT2D eigenvalue weighted by molar-refractivity contribution is 7.89. The average Bonchev–Trinajstić information content (AvgIpc) is 1.94. The first-order chi connectivity index (χ1) is 6.94. The zero-order chi connectivity index (χ0) is 10.7. The van der Waals surface area contributed by atoms with E-state index >= 15 is 0 Å². The van der Waals surface area contributed by atoms with Crippen LogP contribution in [0.15, 0.2) is 0 Å². The lowest BCUT2D eigenvalue weighted by Gasteiger charge is -2.56. The summed E-state index contributed by atoms with van der Waals surface area (Å²) < 4.78 is 28.4. The van der Waals surface area contributed by atoms with Crippen molar-refractivity contribution in [2.24, 2.45) is 17.0 Å². The van der Waals surface area contributed by atoms with Crippen LogP contribution in [0.4, 0.5) is 0 Å². The molecule has 2 atom stereocenters. The van der Waals surface area contributed by atoms with Crippen LogP contribution in [0.25, 0.3) is 0 Å². The van der Waals surface area contributed by atoms with Gasteiger partial charge in [-0.25, -0.2) is 13.6 Å². The van der Waals surface area contributed by atoms with Gasteiger partial charge in [0.1, 0.15) is 0 Å². The molecule has 0 aromatic carbocycles. The number of sulfonamides is 1. The van der Waals surface area contributed by atoms with Crippen LogP contribution in [0.5, 0.6) is 0 Å². The first kappa shape index (κ1) is 10.1. The van der Waals surface area contributed by atoms with Gasteiger partial charge in [0, 0.05) is 0 Å². The highest BCUT2D eigenvalue weighted by atomic mass is 32.2. The molecule has 4 nitrogen and oxygen atoms in total. The Morgan fingerprint density at radius 1 is 1.20 bits per heavy atom. The third-order valence-electron chi connectivity index (χ3n) is 4.06. The Bertz CT molecular complexity index is 341. The summed E-state index contributed by atoms with van der Waals surface area (Å²) in [6.45, 7) is 0. The van der Waals surface area contributed by atoms with E-state index in [0.29, 0.717) is 17.9 Å². The summed E-state index contributed by atoms with van der Waals surface area (Å²) in [6, 6.07) is 0. The van der Waals surface area contributed by atoms with Gasteiger partial charge in [0.15, 0.2) is 0 Å². The Kier molecular flexibility index (Phi) is 1.98. The second-order valence-electron chi connectivity index (χ2n) is 5.58. The molecule has 0 spiro atoms. The van der Waals surface area contributed by atoms with Crippen molar-refractivity contribution in [2.45, 2.75) is 43.8 Å². The van der Waals surface area contributed by atoms with Crippen LogP contribution in [0.1, 0.15) is 32.1 Å². The van der Waals surface area contributed by atoms with Crippen molar-refractivity contribution in [1.82, 2.24) is 0 Å². The molecule has 4 bridgehead atoms. The standard InChI is InChI=1S/C10H17NO3S/c11-15(12,13)6-10-4-7-1-8(5-10)3-9(2-7)14-10/h7-9H,1-6H2,(H2,11,12,13). The zero-order valence-electron chi connectivity index (χ0n) is 8.69. The number of hydrogen-bond donors (Lipinski definition) is 1. The molecule has 5 heteroatoms. The van der Waals surface area contributed by atoms with Gasteiger partial charge >= 0.3 is 0 Å². The van der Waals surface area contributed by atoms with Crippen molar-refractivity contribution >= 4 is 10.0 Å². The van der Waals surface area contributed by atoms with E-state index in [1.54, 1.807) is 0 Å². The molecule has 2 saturated heterocycles. The monoisotopic (exact) mass is 231 g/mol. The molecule has 86 valence electrons. The fourth-order valence-corrected chi connectivity index (χ4v) is 5.07. The van der Waals surface area contributed by atoms with Gasteiger partial charge in [0.05, 0.1) is 17.5 Å². The summed E-state index contributed by atoms with van der Waals surface area (Å²) in [5, 5.41) is 5.15. The van der Waals surface area contributed by atoms with Gasteiger partial charge in [-0.2, -0.15) is 0 Å². The molecule has 4 rings (SSSR count). The minimum Gasteiger partial charge on any atom is -0.371 e. The van der Waals surface area contributed by atoms with Crippen molar-refractivity contribution in [3.8, 4) is 0 Å². The quantitative estimate of drug-likeness (QED) is 0.757. The summed E-state index contributed by atoms with van der Waals surface area (Å²) in [4.78, 5) is 0. The fourth-order valence-electron chi connectivity index (χ4n) is 4.04. The molecule has 0 aromatic heterocycles. The van der Waals surface area contributed by atoms with Gasteiger partial charge in [-0.05, 0) is 43.9 Å². The van der Waals surface area contributed by atoms with E-state index in [1.165, 1.54) is 6.42 Å². The molecule has 0 radical (unpaired) electrons. The number of ether oxygens (including phenoxy) is 1. The number of nitrogens with two attached hydrogens (primary N) is 1. The van der Waals surface area contributed by atoms with Gasteiger partial charge in [0.25, 0.3) is 0 Å². The van der Waals surface area contributed by atoms with Gasteiger partial charge in [0.2, 0.25) is 10.0 Å². The molecule has 2 unspecified atom stereocenters. The predicted molar refractivity (Wildman–Crippen MR) is 55.6 cm³/mol. The Morgan fingerprint density at radius 2 is 1.80 bits per heavy atom. The Morgan fingerprint density at radius 3 is 2.27 bits per heavy atom. The molecule has 2 saturated carbocycles. The average molecular weight is 231 g/mol. The van der Waals surface area contributed by atoms with Crippen LogP contribution in [0.3, 0.4) is 0 Å². The SMILES string of the molecule is NS(=O)(=O)CC12CC3CC(CC(C3)O1)C2. The first-order valence-electron chi connectivity index (χ1n) is 5.62. The van der Waals surface area contributed by atoms with Crippen LogP contribution >= 0.6 is 0 Å². The zero-order valence-corrected chi connectivity index (χ0v) is 9.50. The topological polar surface area (TPSA) is 69.4 Å². The molecular formula is C10H17NO3S. The maximum Gasteiger partial charge on any atom is 0.211 e. The third-order valence-corrected chi connectivity index (χ3v) is 4.99. The summed E-state index contributed by atoms with van der Waals surface area (Å²) in [5.74, 6) is 1.37. The van der Waals surface area contributed by atoms with E-state index in [-0.39, 0.29) is 5.75 Å². The van der Waals surface area contributed by atoms with Crippen LogP contribution in [-0.4, -0.2) is 25.9 Å². The van der Waals surface area contributed by atoms with E-state index in [9.17, 15) is 8.42 Å². The molecule has 15 heavy (non-hydrogen) atoms. The van der Waals surface area contributed by atoms with Crippen molar-refractivity contribution in [3.05, 3.63) is 0 Å². The smallest absolute Gasteiger partial charge is 0.211 e. The second-order valence-corrected chi connectivity index (χ2v) is 7.19. The van der Waals surface area contributed by atoms with Gasteiger partial charge in [-0.3, -0.25) is 0 Å². The van der Waals surface area contributed by atoms with Gasteiger partial charge in [-0.1, -0.05) is 0 Å². The van der Waals surface area contributed by atoms with Crippen LogP contribution in [-0.2, 0) is 14.8 Å². The summed E-state index contributed by atoms with van der Waals surface area (Å²) in [5.41, 5.74) is -0.428. The third kappa shape index (κ3) is 1.81. The molecule has 2 N–H and O–H groups in total. The predicted octanol–water partition coefficient (Wildman–Crippen LogP) is 0.623. The van der Waals surface area contributed by atoms with E-state index in [2.05, 4.69) is 0 Å². The second kappa shape index (κ2) is 2.96. The maximum atomic E-state index is 11.2. The lowest BCUT2D eigenvalue weighted by Crippen LogP contribution is -2.58. The largest absolute Gasteiger partial charge is 0.371 e. The first-order valence-corrected chi connectivity index (χ1v) is 7.34. The van der Waals surface area contributed by atoms with Crippen LogP contribution in [0.2, 0.25) is 0 Å². The Balaban J connectivity index is 1.87. The molecule has 4 aliphatic rings. The Labute approximate surface area is 90.2 Å². The number of hydrogen-bond acceptors (Lipinski definition) is 3. The van der Waals surface area contributed by atoms with Gasteiger partial charge in [-0.15, -0.1) is 0 Å². The lowest BCUT2D eigenvalue weighted by molar-refractivity contribution is -0.208. The van der Waals surface area contributed by atoms with Crippen LogP contribution in [0, 0.1) is 11.8 Å². The maximum absolute atomic E-state index is 11.2. The molecule has 2 aliphatic carbocycles. The lowest BCUT2D eigenvalue weighted by atomic mass is 9.63. The molecule has 4 fully saturated rings. The highest BCUT2D eigenvalue weighted by Gasteiger charge is 2.53. The normalized spacial score (nSPS) is 48.5. The van der Waals surface area contributed by atoms with Gasteiger partial charge < -0.3 is 4.74 Å². The fraction of sp³-hybridized carbons (Fsp3) is 1.00. The van der Waals surface area contributed by atoms with E-state index < -0.39 is 15.6 Å². The molecule has 2 aliphatic heterocycles. The highest BCUT2D eigenvalue weighted by Crippen LogP contribution is 2.53. The molecule has 0 aromatic rings. The van der Waals surface area contributed by atoms with Crippen molar-refractivity contribution in [1.29, 1.82) is 0 Å². The van der Waals surface area contributed by atoms with Crippen molar-refractivity contribution < 1.29 is 13.2 Å². The minimum absolute atomic E-state index is 0.0174. The van der Waals surface area contributed by atoms with E-state index in [0.717, 1.165) is 25.7 Å². The number of primary sulfonamides is 1. The number of rotatable bonds is 2. The summed E-state index contributed by atoms with van der Waals surface area (Å²) in [7, 11) is -3.41. The van der Waals surface area contributed by atoms with E-state index in [4.69, 9.17) is 9.88 Å². The van der Waals surface area contributed by atoms with E-state index in [1.807, 2.05) is 0 Å². The van der Waals surface area contributed by atoms with Crippen molar-refractivity contribution in [3.63, 3.8) is 0 Å². The molecule has 0 amide bonds. The van der Waals surface area contributed by atoms with Crippen LogP contribution < -0.4 is 5.14 Å².